The minimum atomic E-state index is -0.316. The first-order valence-electron chi connectivity index (χ1n) is 9.71. The summed E-state index contributed by atoms with van der Waals surface area (Å²) in [4.78, 5) is 20.4. The molecule has 172 valence electrons. The average Bonchev–Trinajstić information content (AvgIpc) is 2.82. The molecular weight excluding hydrogens is 467 g/mol. The number of hydrogen-bond donors (Lipinski definition) is 2. The van der Waals surface area contributed by atoms with Crippen molar-refractivity contribution in [2.24, 2.45) is 0 Å². The largest absolute Gasteiger partial charge is 0.495 e. The van der Waals surface area contributed by atoms with Crippen LogP contribution in [-0.4, -0.2) is 30.1 Å². The lowest BCUT2D eigenvalue weighted by molar-refractivity contribution is -0.111. The molecular formula is C23H22Cl2N4O4. The average molecular weight is 489 g/mol. The van der Waals surface area contributed by atoms with Crippen molar-refractivity contribution < 1.29 is 19.0 Å². The number of amides is 1. The van der Waals surface area contributed by atoms with E-state index < -0.39 is 0 Å². The van der Waals surface area contributed by atoms with Gasteiger partial charge in [0.2, 0.25) is 11.9 Å². The topological polar surface area (TPSA) is 94.6 Å². The fraction of sp³-hybridized carbons (Fsp3) is 0.174. The molecule has 8 nitrogen and oxygen atoms in total. The van der Waals surface area contributed by atoms with E-state index in [1.165, 1.54) is 20.3 Å². The Bertz CT molecular complexity index is 1140. The van der Waals surface area contributed by atoms with E-state index in [0.29, 0.717) is 34.4 Å². The highest BCUT2D eigenvalue weighted by atomic mass is 35.5. The van der Waals surface area contributed by atoms with Crippen LogP contribution in [0.2, 0.25) is 10.0 Å². The second kappa shape index (κ2) is 10.9. The number of carbonyl (C=O) groups is 1. The van der Waals surface area contributed by atoms with E-state index in [0.717, 1.165) is 5.56 Å². The standard InChI is InChI=1S/C23H22Cl2N4O4/c1-5-18(30)28-15-8-6-7-13(2)21(15)29-23-26-10-14(11-27-23)12-33-22-19(24)16(31-3)9-17(32-4)20(22)25/h5-11H,1,12H2,2-4H3,(H,28,30)(H,26,27,29). The molecule has 0 bridgehead atoms. The molecule has 0 radical (unpaired) electrons. The molecule has 0 spiro atoms. The Morgan fingerprint density at radius 1 is 1.12 bits per heavy atom. The number of methoxy groups -OCH3 is 2. The Balaban J connectivity index is 1.76. The molecule has 10 heteroatoms. The molecule has 2 N–H and O–H groups in total. The van der Waals surface area contributed by atoms with Crippen LogP contribution < -0.4 is 24.8 Å². The highest BCUT2D eigenvalue weighted by molar-refractivity contribution is 6.39. The highest BCUT2D eigenvalue weighted by Gasteiger charge is 2.19. The van der Waals surface area contributed by atoms with Gasteiger partial charge in [0.25, 0.3) is 0 Å². The maximum atomic E-state index is 11.7. The SMILES string of the molecule is C=CC(=O)Nc1cccc(C)c1Nc1ncc(COc2c(Cl)c(OC)cc(OC)c2Cl)cn1. The number of aryl methyl sites for hydroxylation is 1. The summed E-state index contributed by atoms with van der Waals surface area (Å²) in [5.74, 6) is 1.02. The lowest BCUT2D eigenvalue weighted by Crippen LogP contribution is -2.10. The minimum Gasteiger partial charge on any atom is -0.495 e. The van der Waals surface area contributed by atoms with E-state index in [1.54, 1.807) is 24.5 Å². The van der Waals surface area contributed by atoms with Gasteiger partial charge in [0.1, 0.15) is 28.2 Å². The van der Waals surface area contributed by atoms with Crippen LogP contribution in [0.4, 0.5) is 17.3 Å². The molecule has 1 heterocycles. The van der Waals surface area contributed by atoms with Crippen LogP contribution in [0.1, 0.15) is 11.1 Å². The summed E-state index contributed by atoms with van der Waals surface area (Å²) in [5, 5.41) is 6.36. The van der Waals surface area contributed by atoms with Crippen molar-refractivity contribution >= 4 is 46.4 Å². The van der Waals surface area contributed by atoms with Gasteiger partial charge in [-0.15, -0.1) is 0 Å². The first-order chi connectivity index (χ1) is 15.9. The maximum Gasteiger partial charge on any atom is 0.247 e. The lowest BCUT2D eigenvalue weighted by Gasteiger charge is -2.16. The molecule has 0 fully saturated rings. The first-order valence-corrected chi connectivity index (χ1v) is 10.5. The Morgan fingerprint density at radius 2 is 1.76 bits per heavy atom. The third-order valence-corrected chi connectivity index (χ3v) is 5.29. The number of hydrogen-bond acceptors (Lipinski definition) is 7. The molecule has 3 aromatic rings. The van der Waals surface area contributed by atoms with E-state index in [1.807, 2.05) is 19.1 Å². The van der Waals surface area contributed by atoms with Crippen LogP contribution in [0.3, 0.4) is 0 Å². The number of carbonyl (C=O) groups excluding carboxylic acids is 1. The molecule has 0 aliphatic carbocycles. The number of benzene rings is 2. The van der Waals surface area contributed by atoms with Crippen LogP contribution >= 0.6 is 23.2 Å². The number of anilines is 3. The molecule has 0 saturated heterocycles. The quantitative estimate of drug-likeness (QED) is 0.380. The molecule has 0 atom stereocenters. The second-order valence-electron chi connectivity index (χ2n) is 6.76. The number of ether oxygens (including phenoxy) is 3. The monoisotopic (exact) mass is 488 g/mol. The second-order valence-corrected chi connectivity index (χ2v) is 7.51. The number of para-hydroxylation sites is 1. The van der Waals surface area contributed by atoms with E-state index in [-0.39, 0.29) is 28.3 Å². The minimum absolute atomic E-state index is 0.112. The normalized spacial score (nSPS) is 10.3. The van der Waals surface area contributed by atoms with Crippen LogP contribution in [0.5, 0.6) is 17.2 Å². The summed E-state index contributed by atoms with van der Waals surface area (Å²) >= 11 is 12.7. The van der Waals surface area contributed by atoms with Crippen molar-refractivity contribution in [2.75, 3.05) is 24.9 Å². The van der Waals surface area contributed by atoms with Gasteiger partial charge in [-0.05, 0) is 24.6 Å². The Labute approximate surface area is 201 Å². The Kier molecular flexibility index (Phi) is 7.97. The van der Waals surface area contributed by atoms with Gasteiger partial charge in [0.05, 0.1) is 25.6 Å². The van der Waals surface area contributed by atoms with Crippen molar-refractivity contribution in [2.45, 2.75) is 13.5 Å². The molecule has 3 rings (SSSR count). The maximum absolute atomic E-state index is 11.7. The van der Waals surface area contributed by atoms with E-state index >= 15 is 0 Å². The Morgan fingerprint density at radius 3 is 2.33 bits per heavy atom. The summed E-state index contributed by atoms with van der Waals surface area (Å²) in [7, 11) is 2.97. The van der Waals surface area contributed by atoms with Crippen molar-refractivity contribution in [1.29, 1.82) is 0 Å². The zero-order valence-electron chi connectivity index (χ0n) is 18.2. The third kappa shape index (κ3) is 5.66. The number of nitrogens with one attached hydrogen (secondary N) is 2. The first kappa shape index (κ1) is 24.2. The van der Waals surface area contributed by atoms with Gasteiger partial charge in [-0.2, -0.15) is 0 Å². The zero-order chi connectivity index (χ0) is 24.0. The highest BCUT2D eigenvalue weighted by Crippen LogP contribution is 2.46. The van der Waals surface area contributed by atoms with Gasteiger partial charge >= 0.3 is 0 Å². The van der Waals surface area contributed by atoms with Gasteiger partial charge in [-0.3, -0.25) is 4.79 Å². The fourth-order valence-corrected chi connectivity index (χ4v) is 3.48. The third-order valence-electron chi connectivity index (χ3n) is 4.57. The van der Waals surface area contributed by atoms with Crippen LogP contribution in [0.15, 0.2) is 49.3 Å². The molecule has 0 unspecified atom stereocenters. The van der Waals surface area contributed by atoms with E-state index in [4.69, 9.17) is 37.4 Å². The summed E-state index contributed by atoms with van der Waals surface area (Å²) in [6, 6.07) is 7.10. The summed E-state index contributed by atoms with van der Waals surface area (Å²) in [6.45, 7) is 5.49. The molecule has 0 saturated carbocycles. The molecule has 1 aromatic heterocycles. The van der Waals surface area contributed by atoms with Gasteiger partial charge in [0, 0.05) is 24.0 Å². The van der Waals surface area contributed by atoms with E-state index in [9.17, 15) is 4.79 Å². The molecule has 0 aliphatic rings. The summed E-state index contributed by atoms with van der Waals surface area (Å²) in [5.41, 5.74) is 2.86. The number of aromatic nitrogens is 2. The predicted molar refractivity (Wildman–Crippen MR) is 129 cm³/mol. The Hall–Kier alpha value is -3.49. The molecule has 33 heavy (non-hydrogen) atoms. The molecule has 2 aromatic carbocycles. The van der Waals surface area contributed by atoms with Crippen molar-refractivity contribution in [1.82, 2.24) is 9.97 Å². The predicted octanol–water partition coefficient (Wildman–Crippen LogP) is 5.56. The van der Waals surface area contributed by atoms with Crippen LogP contribution in [0.25, 0.3) is 0 Å². The van der Waals surface area contributed by atoms with Gasteiger partial charge in [-0.1, -0.05) is 41.9 Å². The van der Waals surface area contributed by atoms with Crippen molar-refractivity contribution in [3.8, 4) is 17.2 Å². The van der Waals surface area contributed by atoms with E-state index in [2.05, 4.69) is 27.2 Å². The smallest absolute Gasteiger partial charge is 0.247 e. The summed E-state index contributed by atoms with van der Waals surface area (Å²) in [6.07, 6.45) is 4.41. The van der Waals surface area contributed by atoms with Crippen LogP contribution in [0, 0.1) is 6.92 Å². The van der Waals surface area contributed by atoms with Gasteiger partial charge in [0.15, 0.2) is 5.75 Å². The lowest BCUT2D eigenvalue weighted by atomic mass is 10.1. The number of rotatable bonds is 9. The molecule has 1 amide bonds. The van der Waals surface area contributed by atoms with Gasteiger partial charge in [-0.25, -0.2) is 9.97 Å². The number of halogens is 2. The zero-order valence-corrected chi connectivity index (χ0v) is 19.8. The fourth-order valence-electron chi connectivity index (χ4n) is 2.87. The summed E-state index contributed by atoms with van der Waals surface area (Å²) < 4.78 is 16.3. The van der Waals surface area contributed by atoms with Crippen molar-refractivity contribution in [3.05, 3.63) is 70.5 Å². The van der Waals surface area contributed by atoms with Crippen LogP contribution in [-0.2, 0) is 11.4 Å². The van der Waals surface area contributed by atoms with Gasteiger partial charge < -0.3 is 24.8 Å². The van der Waals surface area contributed by atoms with Crippen molar-refractivity contribution in [3.63, 3.8) is 0 Å². The number of nitrogens with zero attached hydrogens (tertiary/aromatic N) is 2. The molecule has 0 aliphatic heterocycles.